The zero-order chi connectivity index (χ0) is 11.0. The predicted molar refractivity (Wildman–Crippen MR) is 68.8 cm³/mol. The van der Waals surface area contributed by atoms with E-state index in [1.165, 1.54) is 36.2 Å². The zero-order valence-electron chi connectivity index (χ0n) is 9.83. The average molecular weight is 236 g/mol. The Morgan fingerprint density at radius 2 is 2.44 bits per heavy atom. The Morgan fingerprint density at radius 1 is 1.50 bits per heavy atom. The van der Waals surface area contributed by atoms with Crippen molar-refractivity contribution in [2.24, 2.45) is 5.92 Å². The van der Waals surface area contributed by atoms with Crippen LogP contribution in [0.25, 0.3) is 0 Å². The monoisotopic (exact) mass is 236 g/mol. The first-order chi connectivity index (χ1) is 7.83. The Hall–Kier alpha value is -0.380. The summed E-state index contributed by atoms with van der Waals surface area (Å²) in [7, 11) is 0. The molecule has 2 bridgehead atoms. The molecule has 0 spiro atoms. The second kappa shape index (κ2) is 4.47. The van der Waals surface area contributed by atoms with Gasteiger partial charge in [-0.15, -0.1) is 11.3 Å². The lowest BCUT2D eigenvalue weighted by atomic mass is 9.89. The molecular formula is C13H20N2S. The van der Waals surface area contributed by atoms with Crippen molar-refractivity contribution < 1.29 is 0 Å². The molecule has 1 aromatic rings. The van der Waals surface area contributed by atoms with Crippen LogP contribution in [0.2, 0.25) is 0 Å². The Morgan fingerprint density at radius 3 is 3.06 bits per heavy atom. The van der Waals surface area contributed by atoms with Crippen molar-refractivity contribution >= 4 is 11.3 Å². The summed E-state index contributed by atoms with van der Waals surface area (Å²) in [4.78, 5) is 1.50. The lowest BCUT2D eigenvalue weighted by Crippen LogP contribution is -2.31. The predicted octanol–water partition coefficient (Wildman–Crippen LogP) is 2.29. The topological polar surface area (TPSA) is 24.1 Å². The molecule has 2 N–H and O–H groups in total. The van der Waals surface area contributed by atoms with Crippen molar-refractivity contribution in [1.29, 1.82) is 0 Å². The van der Waals surface area contributed by atoms with Gasteiger partial charge in [-0.3, -0.25) is 0 Å². The van der Waals surface area contributed by atoms with E-state index in [1.54, 1.807) is 0 Å². The number of nitrogens with one attached hydrogen (secondary N) is 2. The molecule has 0 saturated carbocycles. The summed E-state index contributed by atoms with van der Waals surface area (Å²) < 4.78 is 0. The largest absolute Gasteiger partial charge is 0.312 e. The summed E-state index contributed by atoms with van der Waals surface area (Å²) >= 11 is 1.87. The molecule has 3 rings (SSSR count). The van der Waals surface area contributed by atoms with E-state index in [-0.39, 0.29) is 0 Å². The van der Waals surface area contributed by atoms with Crippen molar-refractivity contribution in [1.82, 2.24) is 10.6 Å². The van der Waals surface area contributed by atoms with Crippen LogP contribution >= 0.6 is 11.3 Å². The number of fused-ring (bicyclic) bond motifs is 2. The zero-order valence-corrected chi connectivity index (χ0v) is 10.6. The first-order valence-corrected chi connectivity index (χ1v) is 7.20. The SMILES string of the molecule is Cc1ccsc1CNCC1CC2CCC1N2. The first-order valence-electron chi connectivity index (χ1n) is 6.32. The Labute approximate surface area is 101 Å². The molecule has 2 aliphatic heterocycles. The van der Waals surface area contributed by atoms with Crippen molar-refractivity contribution in [3.8, 4) is 0 Å². The quantitative estimate of drug-likeness (QED) is 0.838. The fourth-order valence-corrected chi connectivity index (χ4v) is 4.00. The van der Waals surface area contributed by atoms with Gasteiger partial charge in [0.05, 0.1) is 0 Å². The Bertz CT molecular complexity index is 361. The van der Waals surface area contributed by atoms with Gasteiger partial charge >= 0.3 is 0 Å². The molecule has 0 amide bonds. The number of rotatable bonds is 4. The van der Waals surface area contributed by atoms with E-state index >= 15 is 0 Å². The molecule has 1 aromatic heterocycles. The summed E-state index contributed by atoms with van der Waals surface area (Å²) in [6, 6.07) is 3.85. The van der Waals surface area contributed by atoms with Gasteiger partial charge in [0.25, 0.3) is 0 Å². The Kier molecular flexibility index (Phi) is 3.01. The van der Waals surface area contributed by atoms with Crippen LogP contribution in [0.4, 0.5) is 0 Å². The van der Waals surface area contributed by atoms with E-state index in [9.17, 15) is 0 Å². The Balaban J connectivity index is 1.46. The third-order valence-corrected chi connectivity index (χ3v) is 5.12. The number of hydrogen-bond acceptors (Lipinski definition) is 3. The average Bonchev–Trinajstić information content (AvgIpc) is 2.96. The molecule has 2 nitrogen and oxygen atoms in total. The van der Waals surface area contributed by atoms with Crippen LogP contribution in [0.5, 0.6) is 0 Å². The maximum absolute atomic E-state index is 3.70. The second-order valence-electron chi connectivity index (χ2n) is 5.20. The third-order valence-electron chi connectivity index (χ3n) is 4.09. The van der Waals surface area contributed by atoms with Gasteiger partial charge < -0.3 is 10.6 Å². The minimum atomic E-state index is 0.807. The molecule has 3 unspecified atom stereocenters. The molecule has 2 fully saturated rings. The lowest BCUT2D eigenvalue weighted by molar-refractivity contribution is 0.383. The van der Waals surface area contributed by atoms with E-state index in [1.807, 2.05) is 11.3 Å². The van der Waals surface area contributed by atoms with Crippen LogP contribution in [0.1, 0.15) is 29.7 Å². The van der Waals surface area contributed by atoms with Crippen molar-refractivity contribution in [2.75, 3.05) is 6.54 Å². The standard InChI is InChI=1S/C13H20N2S/c1-9-4-5-16-13(9)8-14-7-10-6-11-2-3-12(10)15-11/h4-5,10-12,14-15H,2-3,6-8H2,1H3. The molecule has 3 heterocycles. The van der Waals surface area contributed by atoms with E-state index in [0.717, 1.165) is 24.5 Å². The lowest BCUT2D eigenvalue weighted by Gasteiger charge is -2.20. The van der Waals surface area contributed by atoms with Crippen LogP contribution in [0.15, 0.2) is 11.4 Å². The highest BCUT2D eigenvalue weighted by molar-refractivity contribution is 7.10. The van der Waals surface area contributed by atoms with Crippen LogP contribution in [0.3, 0.4) is 0 Å². The fourth-order valence-electron chi connectivity index (χ4n) is 3.12. The maximum atomic E-state index is 3.70. The van der Waals surface area contributed by atoms with Gasteiger partial charge in [0.1, 0.15) is 0 Å². The van der Waals surface area contributed by atoms with Gasteiger partial charge in [-0.25, -0.2) is 0 Å². The molecular weight excluding hydrogens is 216 g/mol. The molecule has 16 heavy (non-hydrogen) atoms. The minimum Gasteiger partial charge on any atom is -0.312 e. The molecule has 3 heteroatoms. The maximum Gasteiger partial charge on any atom is 0.0302 e. The molecule has 2 saturated heterocycles. The van der Waals surface area contributed by atoms with Gasteiger partial charge in [0.15, 0.2) is 0 Å². The highest BCUT2D eigenvalue weighted by Gasteiger charge is 2.38. The number of hydrogen-bond donors (Lipinski definition) is 2. The van der Waals surface area contributed by atoms with Crippen molar-refractivity contribution in [3.05, 3.63) is 21.9 Å². The minimum absolute atomic E-state index is 0.807. The first kappa shape index (κ1) is 10.8. The van der Waals surface area contributed by atoms with Crippen LogP contribution in [-0.4, -0.2) is 18.6 Å². The fraction of sp³-hybridized carbons (Fsp3) is 0.692. The van der Waals surface area contributed by atoms with Gasteiger partial charge in [0.2, 0.25) is 0 Å². The van der Waals surface area contributed by atoms with Gasteiger partial charge in [-0.1, -0.05) is 0 Å². The van der Waals surface area contributed by atoms with Gasteiger partial charge in [-0.2, -0.15) is 0 Å². The van der Waals surface area contributed by atoms with E-state index in [0.29, 0.717) is 0 Å². The third kappa shape index (κ3) is 2.04. The van der Waals surface area contributed by atoms with E-state index < -0.39 is 0 Å². The molecule has 2 aliphatic rings. The summed E-state index contributed by atoms with van der Waals surface area (Å²) in [5.41, 5.74) is 1.43. The molecule has 3 atom stereocenters. The molecule has 0 radical (unpaired) electrons. The summed E-state index contributed by atoms with van der Waals surface area (Å²) in [5.74, 6) is 0.874. The van der Waals surface area contributed by atoms with Gasteiger partial charge in [0, 0.05) is 23.5 Å². The van der Waals surface area contributed by atoms with Gasteiger partial charge in [-0.05, 0) is 55.7 Å². The van der Waals surface area contributed by atoms with E-state index in [2.05, 4.69) is 29.0 Å². The number of aryl methyl sites for hydroxylation is 1. The highest BCUT2D eigenvalue weighted by Crippen LogP contribution is 2.32. The van der Waals surface area contributed by atoms with E-state index in [4.69, 9.17) is 0 Å². The smallest absolute Gasteiger partial charge is 0.0302 e. The molecule has 88 valence electrons. The second-order valence-corrected chi connectivity index (χ2v) is 6.20. The van der Waals surface area contributed by atoms with Crippen LogP contribution in [0, 0.1) is 12.8 Å². The molecule has 0 aromatic carbocycles. The van der Waals surface area contributed by atoms with Crippen molar-refractivity contribution in [3.63, 3.8) is 0 Å². The normalized spacial score (nSPS) is 32.4. The summed E-state index contributed by atoms with van der Waals surface area (Å²) in [6.07, 6.45) is 4.20. The summed E-state index contributed by atoms with van der Waals surface area (Å²) in [6.45, 7) is 4.44. The highest BCUT2D eigenvalue weighted by atomic mass is 32.1. The number of thiophene rings is 1. The summed E-state index contributed by atoms with van der Waals surface area (Å²) in [5, 5.41) is 9.51. The van der Waals surface area contributed by atoms with Crippen molar-refractivity contribution in [2.45, 2.75) is 44.8 Å². The van der Waals surface area contributed by atoms with Crippen LogP contribution < -0.4 is 10.6 Å². The molecule has 0 aliphatic carbocycles. The van der Waals surface area contributed by atoms with Crippen LogP contribution in [-0.2, 0) is 6.54 Å².